The maximum atomic E-state index is 12.6. The predicted molar refractivity (Wildman–Crippen MR) is 102 cm³/mol. The number of aromatic nitrogens is 3. The van der Waals surface area contributed by atoms with Crippen LogP contribution in [0.15, 0.2) is 59.8 Å². The molecule has 0 fully saturated rings. The molecule has 0 spiro atoms. The van der Waals surface area contributed by atoms with Crippen molar-refractivity contribution in [1.82, 2.24) is 14.8 Å². The molecule has 0 unspecified atom stereocenters. The summed E-state index contributed by atoms with van der Waals surface area (Å²) >= 11 is 1.40. The van der Waals surface area contributed by atoms with Gasteiger partial charge in [0.2, 0.25) is 5.91 Å². The van der Waals surface area contributed by atoms with Crippen LogP contribution < -0.4 is 5.32 Å². The third-order valence-corrected chi connectivity index (χ3v) is 5.11. The summed E-state index contributed by atoms with van der Waals surface area (Å²) in [5.74, 6) is 0.763. The molecular weight excluding hydrogens is 332 g/mol. The summed E-state index contributed by atoms with van der Waals surface area (Å²) in [6.45, 7) is 3.76. The van der Waals surface area contributed by atoms with E-state index in [1.807, 2.05) is 80.1 Å². The average Bonchev–Trinajstić information content (AvgIpc) is 2.95. The van der Waals surface area contributed by atoms with Crippen molar-refractivity contribution in [2.75, 3.05) is 5.32 Å². The van der Waals surface area contributed by atoms with Crippen LogP contribution in [-0.4, -0.2) is 25.9 Å². The molecule has 1 atom stereocenters. The number of benzene rings is 2. The molecule has 0 aliphatic rings. The van der Waals surface area contributed by atoms with Crippen LogP contribution in [0.4, 0.5) is 5.69 Å². The summed E-state index contributed by atoms with van der Waals surface area (Å²) in [6.07, 6.45) is 0. The van der Waals surface area contributed by atoms with Gasteiger partial charge in [-0.15, -0.1) is 10.2 Å². The van der Waals surface area contributed by atoms with Gasteiger partial charge in [-0.1, -0.05) is 60.3 Å². The highest BCUT2D eigenvalue weighted by molar-refractivity contribution is 8.00. The van der Waals surface area contributed by atoms with E-state index < -0.39 is 0 Å². The zero-order chi connectivity index (χ0) is 17.8. The van der Waals surface area contributed by atoms with Crippen LogP contribution >= 0.6 is 11.8 Å². The van der Waals surface area contributed by atoms with Gasteiger partial charge in [0.05, 0.1) is 5.25 Å². The molecule has 0 aliphatic carbocycles. The number of aryl methyl sites for hydroxylation is 1. The van der Waals surface area contributed by atoms with E-state index in [1.54, 1.807) is 0 Å². The van der Waals surface area contributed by atoms with E-state index in [4.69, 9.17) is 0 Å². The van der Waals surface area contributed by atoms with Gasteiger partial charge in [0.15, 0.2) is 5.16 Å². The van der Waals surface area contributed by atoms with Gasteiger partial charge in [-0.05, 0) is 25.5 Å². The van der Waals surface area contributed by atoms with E-state index in [2.05, 4.69) is 15.5 Å². The molecule has 5 nitrogen and oxygen atoms in total. The second-order valence-electron chi connectivity index (χ2n) is 5.75. The first-order chi connectivity index (χ1) is 12.1. The number of anilines is 1. The number of para-hydroxylation sites is 1. The number of thioether (sulfide) groups is 1. The van der Waals surface area contributed by atoms with Gasteiger partial charge < -0.3 is 9.88 Å². The van der Waals surface area contributed by atoms with Gasteiger partial charge in [-0.3, -0.25) is 4.79 Å². The molecule has 0 saturated carbocycles. The molecule has 0 radical (unpaired) electrons. The van der Waals surface area contributed by atoms with Gasteiger partial charge >= 0.3 is 0 Å². The Labute approximate surface area is 151 Å². The number of carbonyl (C=O) groups excluding carboxylic acids is 1. The molecule has 1 N–H and O–H groups in total. The monoisotopic (exact) mass is 352 g/mol. The van der Waals surface area contributed by atoms with E-state index in [0.717, 1.165) is 27.8 Å². The summed E-state index contributed by atoms with van der Waals surface area (Å²) in [4.78, 5) is 12.6. The fraction of sp³-hybridized carbons (Fsp3) is 0.211. The zero-order valence-corrected chi connectivity index (χ0v) is 15.2. The first kappa shape index (κ1) is 17.2. The van der Waals surface area contributed by atoms with Crippen molar-refractivity contribution in [3.05, 3.63) is 60.4 Å². The van der Waals surface area contributed by atoms with Crippen LogP contribution in [0.25, 0.3) is 11.1 Å². The fourth-order valence-electron chi connectivity index (χ4n) is 2.40. The molecule has 3 rings (SSSR count). The molecule has 0 bridgehead atoms. The minimum Gasteiger partial charge on any atom is -0.325 e. The standard InChI is InChI=1S/C19H20N4OS/c1-13(25-19-22-21-14(2)23(19)3)18(24)20-17-12-8-7-11-16(17)15-9-5-4-6-10-15/h4-13H,1-3H3,(H,20,24)/t13-/m0/s1. The molecule has 2 aromatic carbocycles. The highest BCUT2D eigenvalue weighted by Gasteiger charge is 2.19. The lowest BCUT2D eigenvalue weighted by atomic mass is 10.0. The normalized spacial score (nSPS) is 12.0. The third kappa shape index (κ3) is 3.91. The van der Waals surface area contributed by atoms with Crippen molar-refractivity contribution < 1.29 is 4.79 Å². The summed E-state index contributed by atoms with van der Waals surface area (Å²) < 4.78 is 1.88. The third-order valence-electron chi connectivity index (χ3n) is 3.97. The molecule has 1 amide bonds. The molecule has 0 aliphatic heterocycles. The summed E-state index contributed by atoms with van der Waals surface area (Å²) in [7, 11) is 1.90. The van der Waals surface area contributed by atoms with Crippen LogP contribution in [0.5, 0.6) is 0 Å². The molecule has 6 heteroatoms. The first-order valence-electron chi connectivity index (χ1n) is 8.04. The lowest BCUT2D eigenvalue weighted by Crippen LogP contribution is -2.23. The summed E-state index contributed by atoms with van der Waals surface area (Å²) in [5, 5.41) is 11.6. The number of hydrogen-bond acceptors (Lipinski definition) is 4. The Morgan fingerprint density at radius 1 is 1.08 bits per heavy atom. The van der Waals surface area contributed by atoms with Crippen molar-refractivity contribution in [3.8, 4) is 11.1 Å². The SMILES string of the molecule is Cc1nnc(S[C@@H](C)C(=O)Nc2ccccc2-c2ccccc2)n1C. The van der Waals surface area contributed by atoms with Crippen molar-refractivity contribution in [1.29, 1.82) is 0 Å². The Balaban J connectivity index is 1.76. The molecule has 1 aromatic heterocycles. The van der Waals surface area contributed by atoms with Crippen LogP contribution in [0, 0.1) is 6.92 Å². The highest BCUT2D eigenvalue weighted by atomic mass is 32.2. The Morgan fingerprint density at radius 3 is 2.44 bits per heavy atom. The van der Waals surface area contributed by atoms with Gasteiger partial charge in [0.25, 0.3) is 0 Å². The van der Waals surface area contributed by atoms with Gasteiger partial charge in [-0.2, -0.15) is 0 Å². The quantitative estimate of drug-likeness (QED) is 0.707. The van der Waals surface area contributed by atoms with Crippen molar-refractivity contribution in [2.24, 2.45) is 7.05 Å². The van der Waals surface area contributed by atoms with Gasteiger partial charge in [-0.25, -0.2) is 0 Å². The number of nitrogens with one attached hydrogen (secondary N) is 1. The van der Waals surface area contributed by atoms with Crippen LogP contribution in [-0.2, 0) is 11.8 Å². The maximum Gasteiger partial charge on any atom is 0.237 e. The number of carbonyl (C=O) groups is 1. The second-order valence-corrected chi connectivity index (χ2v) is 7.06. The minimum absolute atomic E-state index is 0.0611. The average molecular weight is 352 g/mol. The largest absolute Gasteiger partial charge is 0.325 e. The van der Waals surface area contributed by atoms with Crippen LogP contribution in [0.3, 0.4) is 0 Å². The number of rotatable bonds is 5. The van der Waals surface area contributed by atoms with E-state index in [-0.39, 0.29) is 11.2 Å². The molecule has 1 heterocycles. The number of nitrogens with zero attached hydrogens (tertiary/aromatic N) is 3. The summed E-state index contributed by atoms with van der Waals surface area (Å²) in [6, 6.07) is 17.8. The Morgan fingerprint density at radius 2 is 1.76 bits per heavy atom. The van der Waals surface area contributed by atoms with E-state index in [9.17, 15) is 4.79 Å². The number of hydrogen-bond donors (Lipinski definition) is 1. The van der Waals surface area contributed by atoms with E-state index in [1.165, 1.54) is 11.8 Å². The van der Waals surface area contributed by atoms with E-state index in [0.29, 0.717) is 0 Å². The summed E-state index contributed by atoms with van der Waals surface area (Å²) in [5.41, 5.74) is 2.88. The van der Waals surface area contributed by atoms with Crippen molar-refractivity contribution in [2.45, 2.75) is 24.3 Å². The zero-order valence-electron chi connectivity index (χ0n) is 14.4. The van der Waals surface area contributed by atoms with Crippen LogP contribution in [0.2, 0.25) is 0 Å². The molecule has 0 saturated heterocycles. The van der Waals surface area contributed by atoms with Crippen LogP contribution in [0.1, 0.15) is 12.7 Å². The van der Waals surface area contributed by atoms with Gasteiger partial charge in [0.1, 0.15) is 5.82 Å². The molecular formula is C19H20N4OS. The minimum atomic E-state index is -0.286. The molecule has 3 aromatic rings. The number of amides is 1. The Kier molecular flexibility index (Phi) is 5.19. The van der Waals surface area contributed by atoms with Crippen molar-refractivity contribution in [3.63, 3.8) is 0 Å². The second kappa shape index (κ2) is 7.53. The predicted octanol–water partition coefficient (Wildman–Crippen LogP) is 3.91. The first-order valence-corrected chi connectivity index (χ1v) is 8.92. The lowest BCUT2D eigenvalue weighted by Gasteiger charge is -2.14. The lowest BCUT2D eigenvalue weighted by molar-refractivity contribution is -0.115. The molecule has 128 valence electrons. The smallest absolute Gasteiger partial charge is 0.237 e. The fourth-order valence-corrected chi connectivity index (χ4v) is 3.26. The molecule has 25 heavy (non-hydrogen) atoms. The van der Waals surface area contributed by atoms with E-state index >= 15 is 0 Å². The Hall–Kier alpha value is -2.60. The maximum absolute atomic E-state index is 12.6. The highest BCUT2D eigenvalue weighted by Crippen LogP contribution is 2.29. The van der Waals surface area contributed by atoms with Gasteiger partial charge in [0, 0.05) is 18.3 Å². The topological polar surface area (TPSA) is 59.8 Å². The Bertz CT molecular complexity index is 876. The van der Waals surface area contributed by atoms with Crippen molar-refractivity contribution >= 4 is 23.4 Å².